The number of nitrogens with one attached hydrogen (secondary N) is 1. The van der Waals surface area contributed by atoms with Gasteiger partial charge in [0.1, 0.15) is 0 Å². The lowest BCUT2D eigenvalue weighted by Crippen LogP contribution is -2.43. The highest BCUT2D eigenvalue weighted by atomic mass is 32.2. The first kappa shape index (κ1) is 23.7. The fourth-order valence-corrected chi connectivity index (χ4v) is 4.82. The van der Waals surface area contributed by atoms with Gasteiger partial charge in [0.25, 0.3) is 5.91 Å². The molecular formula is C26H33N3O3S. The zero-order chi connectivity index (χ0) is 23.4. The number of carbonyl (C=O) groups excluding carboxylic acids is 1. The highest BCUT2D eigenvalue weighted by molar-refractivity contribution is 7.88. The molecule has 0 bridgehead atoms. The van der Waals surface area contributed by atoms with Crippen molar-refractivity contribution in [3.05, 3.63) is 77.4 Å². The highest BCUT2D eigenvalue weighted by Gasteiger charge is 2.39. The molecule has 1 saturated carbocycles. The molecule has 176 valence electrons. The molecule has 2 atom stereocenters. The number of benzene rings is 2. The predicted octanol–water partition coefficient (Wildman–Crippen LogP) is 3.23. The minimum absolute atomic E-state index is 0.556. The smallest absolute Gasteiger partial charge is 0.259 e. The second-order valence-electron chi connectivity index (χ2n) is 9.22. The largest absolute Gasteiger partial charge is 0.311 e. The third-order valence-corrected chi connectivity index (χ3v) is 7.84. The lowest BCUT2D eigenvalue weighted by Gasteiger charge is -2.32. The summed E-state index contributed by atoms with van der Waals surface area (Å²) in [7, 11) is -2.27. The number of amides is 1. The summed E-state index contributed by atoms with van der Waals surface area (Å²) in [5, 5.41) is 3.87. The van der Waals surface area contributed by atoms with E-state index in [1.54, 1.807) is 6.08 Å². The first-order chi connectivity index (χ1) is 15.8. The maximum atomic E-state index is 11.9. The van der Waals surface area contributed by atoms with Crippen LogP contribution in [-0.4, -0.2) is 62.0 Å². The number of hydrogen-bond donors (Lipinski definition) is 1. The molecule has 6 nitrogen and oxygen atoms in total. The van der Waals surface area contributed by atoms with Crippen LogP contribution < -0.4 is 5.32 Å². The Morgan fingerprint density at radius 3 is 2.39 bits per heavy atom. The minimum Gasteiger partial charge on any atom is -0.311 e. The van der Waals surface area contributed by atoms with Crippen molar-refractivity contribution in [1.82, 2.24) is 14.5 Å². The summed E-state index contributed by atoms with van der Waals surface area (Å²) in [6.45, 7) is 3.10. The third-order valence-electron chi connectivity index (χ3n) is 6.67. The van der Waals surface area contributed by atoms with E-state index in [4.69, 9.17) is 0 Å². The lowest BCUT2D eigenvalue weighted by atomic mass is 10.0. The number of rotatable bonds is 8. The molecule has 0 spiro atoms. The molecule has 1 aliphatic heterocycles. The minimum atomic E-state index is -3.53. The van der Waals surface area contributed by atoms with Gasteiger partial charge in [0.2, 0.25) is 10.0 Å². The van der Waals surface area contributed by atoms with E-state index >= 15 is 0 Å². The van der Waals surface area contributed by atoms with Crippen LogP contribution in [-0.2, 0) is 21.4 Å². The zero-order valence-corrected chi connectivity index (χ0v) is 20.2. The van der Waals surface area contributed by atoms with Crippen LogP contribution in [0.15, 0.2) is 60.7 Å². The van der Waals surface area contributed by atoms with Gasteiger partial charge >= 0.3 is 0 Å². The second-order valence-corrected chi connectivity index (χ2v) is 11.2. The molecule has 33 heavy (non-hydrogen) atoms. The molecule has 2 aromatic carbocycles. The molecular weight excluding hydrogens is 434 g/mol. The number of hydrogen-bond acceptors (Lipinski definition) is 5. The van der Waals surface area contributed by atoms with Crippen molar-refractivity contribution < 1.29 is 13.2 Å². The van der Waals surface area contributed by atoms with Crippen LogP contribution in [0.1, 0.15) is 41.9 Å². The van der Waals surface area contributed by atoms with E-state index in [2.05, 4.69) is 52.7 Å². The fraction of sp³-hybridized carbons (Fsp3) is 0.423. The van der Waals surface area contributed by atoms with E-state index in [9.17, 15) is 13.2 Å². The third kappa shape index (κ3) is 6.53. The summed E-state index contributed by atoms with van der Waals surface area (Å²) >= 11 is 0. The number of sulfonamides is 1. The van der Waals surface area contributed by atoms with Gasteiger partial charge in [-0.15, -0.1) is 0 Å². The summed E-state index contributed by atoms with van der Waals surface area (Å²) in [5.41, 5.74) is 3.57. The zero-order valence-electron chi connectivity index (χ0n) is 19.4. The number of likely N-dealkylation sites (N-methyl/N-ethyl adjacent to an activating group) is 1. The van der Waals surface area contributed by atoms with E-state index in [1.165, 1.54) is 43.5 Å². The summed E-state index contributed by atoms with van der Waals surface area (Å²) in [5.74, 6) is 0.123. The van der Waals surface area contributed by atoms with Gasteiger partial charge in [-0.2, -0.15) is 0 Å². The van der Waals surface area contributed by atoms with Crippen LogP contribution in [0, 0.1) is 0 Å². The maximum Gasteiger partial charge on any atom is 0.259 e. The van der Waals surface area contributed by atoms with Gasteiger partial charge in [-0.3, -0.25) is 9.69 Å². The molecule has 1 aliphatic carbocycles. The Hall–Kier alpha value is -2.48. The second kappa shape index (κ2) is 10.2. The molecule has 2 aliphatic rings. The lowest BCUT2D eigenvalue weighted by molar-refractivity contribution is -0.120. The van der Waals surface area contributed by atoms with E-state index in [1.807, 2.05) is 12.1 Å². The van der Waals surface area contributed by atoms with Gasteiger partial charge in [-0.1, -0.05) is 54.6 Å². The van der Waals surface area contributed by atoms with Crippen LogP contribution in [0.2, 0.25) is 0 Å². The monoisotopic (exact) mass is 467 g/mol. The number of likely N-dealkylation sites (tertiary alicyclic amines) is 1. The van der Waals surface area contributed by atoms with Gasteiger partial charge in [0.15, 0.2) is 0 Å². The van der Waals surface area contributed by atoms with Crippen molar-refractivity contribution in [3.8, 4) is 0 Å². The molecule has 1 N–H and O–H groups in total. The Morgan fingerprint density at radius 2 is 1.76 bits per heavy atom. The Balaban J connectivity index is 1.20. The molecule has 1 amide bonds. The summed E-state index contributed by atoms with van der Waals surface area (Å²) < 4.78 is 23.6. The SMILES string of the molecule is CN(C(=O)C=Cc1ccc(CN2CCC(N[C@@H]3C[C@H]3c3ccccc3)CC2)cc1)S(C)(=O)=O. The summed E-state index contributed by atoms with van der Waals surface area (Å²) in [4.78, 5) is 14.4. The average molecular weight is 468 g/mol. The normalized spacial score (nSPS) is 21.9. The molecule has 2 aromatic rings. The number of piperidine rings is 1. The van der Waals surface area contributed by atoms with Gasteiger partial charge < -0.3 is 5.32 Å². The topological polar surface area (TPSA) is 69.7 Å². The molecule has 2 fully saturated rings. The molecule has 0 unspecified atom stereocenters. The Bertz CT molecular complexity index is 1080. The molecule has 1 heterocycles. The first-order valence-corrected chi connectivity index (χ1v) is 13.4. The van der Waals surface area contributed by atoms with Crippen molar-refractivity contribution in [2.75, 3.05) is 26.4 Å². The van der Waals surface area contributed by atoms with Gasteiger partial charge in [-0.05, 0) is 55.1 Å². The standard InChI is InChI=1S/C26H33N3O3S/c1-28(33(2,31)32)26(30)13-12-20-8-10-21(11-9-20)19-29-16-14-23(15-17-29)27-25-18-24(25)22-6-4-3-5-7-22/h3-13,23-25,27H,14-19H2,1-2H3/t24-,25+/m0/s1. The summed E-state index contributed by atoms with van der Waals surface area (Å²) in [6, 6.07) is 20.1. The molecule has 0 aromatic heterocycles. The van der Waals surface area contributed by atoms with E-state index < -0.39 is 15.9 Å². The van der Waals surface area contributed by atoms with Crippen molar-refractivity contribution in [1.29, 1.82) is 0 Å². The van der Waals surface area contributed by atoms with Crippen molar-refractivity contribution >= 4 is 22.0 Å². The maximum absolute atomic E-state index is 11.9. The van der Waals surface area contributed by atoms with Gasteiger partial charge in [0, 0.05) is 37.7 Å². The Kier molecular flexibility index (Phi) is 7.32. The Morgan fingerprint density at radius 1 is 1.09 bits per heavy atom. The van der Waals surface area contributed by atoms with Crippen molar-refractivity contribution in [2.45, 2.75) is 43.8 Å². The van der Waals surface area contributed by atoms with Crippen LogP contribution in [0.5, 0.6) is 0 Å². The first-order valence-electron chi connectivity index (χ1n) is 11.6. The van der Waals surface area contributed by atoms with Crippen LogP contribution >= 0.6 is 0 Å². The Labute approximate surface area is 197 Å². The average Bonchev–Trinajstić information content (AvgIpc) is 3.58. The quantitative estimate of drug-likeness (QED) is 0.604. The van der Waals surface area contributed by atoms with Crippen LogP contribution in [0.3, 0.4) is 0 Å². The van der Waals surface area contributed by atoms with Crippen molar-refractivity contribution in [3.63, 3.8) is 0 Å². The number of nitrogens with zero attached hydrogens (tertiary/aromatic N) is 2. The van der Waals surface area contributed by atoms with E-state index in [0.717, 1.165) is 35.8 Å². The molecule has 1 saturated heterocycles. The van der Waals surface area contributed by atoms with Crippen LogP contribution in [0.4, 0.5) is 0 Å². The van der Waals surface area contributed by atoms with Gasteiger partial charge in [-0.25, -0.2) is 12.7 Å². The highest BCUT2D eigenvalue weighted by Crippen LogP contribution is 2.41. The fourth-order valence-electron chi connectivity index (χ4n) is 4.44. The van der Waals surface area contributed by atoms with Crippen LogP contribution in [0.25, 0.3) is 6.08 Å². The van der Waals surface area contributed by atoms with Crippen molar-refractivity contribution in [2.24, 2.45) is 0 Å². The van der Waals surface area contributed by atoms with E-state index in [-0.39, 0.29) is 0 Å². The molecule has 7 heteroatoms. The molecule has 4 rings (SSSR count). The molecule has 0 radical (unpaired) electrons. The van der Waals surface area contributed by atoms with Gasteiger partial charge in [0.05, 0.1) is 6.26 Å². The predicted molar refractivity (Wildman–Crippen MR) is 132 cm³/mol. The summed E-state index contributed by atoms with van der Waals surface area (Å²) in [6.07, 6.45) is 7.55. The van der Waals surface area contributed by atoms with E-state index in [0.29, 0.717) is 18.0 Å². The number of carbonyl (C=O) groups is 1.